The van der Waals surface area contributed by atoms with E-state index in [1.165, 1.54) is 6.92 Å². The van der Waals surface area contributed by atoms with E-state index in [0.29, 0.717) is 11.0 Å². The summed E-state index contributed by atoms with van der Waals surface area (Å²) in [7, 11) is 0. The van der Waals surface area contributed by atoms with Gasteiger partial charge in [0.25, 0.3) is 3.79 Å². The summed E-state index contributed by atoms with van der Waals surface area (Å²) in [6.07, 6.45) is 6.81. The lowest BCUT2D eigenvalue weighted by Gasteiger charge is -2.09. The maximum absolute atomic E-state index is 11.2. The van der Waals surface area contributed by atoms with Crippen LogP contribution in [0.25, 0.3) is 0 Å². The van der Waals surface area contributed by atoms with Crippen molar-refractivity contribution in [2.75, 3.05) is 0 Å². The second-order valence-electron chi connectivity index (χ2n) is 3.08. The zero-order chi connectivity index (χ0) is 13.1. The van der Waals surface area contributed by atoms with Gasteiger partial charge in [0.15, 0.2) is 0 Å². The number of rotatable bonds is 1. The molecule has 0 heterocycles. The van der Waals surface area contributed by atoms with Crippen LogP contribution in [-0.2, 0) is 9.53 Å². The quantitative estimate of drug-likeness (QED) is 0.313. The van der Waals surface area contributed by atoms with Gasteiger partial charge in [-0.15, -0.1) is 11.6 Å². The van der Waals surface area contributed by atoms with Gasteiger partial charge in [0.2, 0.25) is 0 Å². The highest BCUT2D eigenvalue weighted by atomic mass is 35.6. The highest BCUT2D eigenvalue weighted by molar-refractivity contribution is 6.75. The molecule has 0 saturated carbocycles. The van der Waals surface area contributed by atoms with Gasteiger partial charge in [0.1, 0.15) is 11.1 Å². The predicted octanol–water partition coefficient (Wildman–Crippen LogP) is 4.23. The Labute approximate surface area is 119 Å². The molecule has 0 aromatic heterocycles. The second-order valence-corrected chi connectivity index (χ2v) is 5.79. The van der Waals surface area contributed by atoms with Crippen molar-refractivity contribution in [3.63, 3.8) is 0 Å². The average molecular weight is 313 g/mol. The summed E-state index contributed by atoms with van der Waals surface area (Å²) in [5.74, 6) is -0.773. The van der Waals surface area contributed by atoms with Crippen LogP contribution in [0.4, 0.5) is 0 Å². The van der Waals surface area contributed by atoms with Crippen molar-refractivity contribution in [2.45, 2.75) is 10.7 Å². The van der Waals surface area contributed by atoms with Crippen LogP contribution >= 0.6 is 46.4 Å². The van der Waals surface area contributed by atoms with Crippen molar-refractivity contribution < 1.29 is 9.53 Å². The maximum atomic E-state index is 11.2. The molecule has 6 heteroatoms. The van der Waals surface area contributed by atoms with Crippen molar-refractivity contribution in [1.82, 2.24) is 0 Å². The SMILES string of the molecule is CC(=C=C1C=C[C](Cl)C=C1)OC(=O)C(Cl)(Cl)Cl. The lowest BCUT2D eigenvalue weighted by atomic mass is 10.1. The van der Waals surface area contributed by atoms with Crippen LogP contribution in [0, 0.1) is 5.38 Å². The molecule has 0 atom stereocenters. The van der Waals surface area contributed by atoms with Crippen LogP contribution < -0.4 is 0 Å². The smallest absolute Gasteiger partial charge is 0.364 e. The molecule has 91 valence electrons. The van der Waals surface area contributed by atoms with Crippen LogP contribution in [0.15, 0.2) is 41.4 Å². The lowest BCUT2D eigenvalue weighted by Crippen LogP contribution is -2.20. The zero-order valence-corrected chi connectivity index (χ0v) is 11.7. The monoisotopic (exact) mass is 311 g/mol. The molecule has 1 radical (unpaired) electrons. The molecular weight excluding hydrogens is 306 g/mol. The lowest BCUT2D eigenvalue weighted by molar-refractivity contribution is -0.138. The summed E-state index contributed by atoms with van der Waals surface area (Å²) in [4.78, 5) is 11.2. The van der Waals surface area contributed by atoms with E-state index in [9.17, 15) is 4.79 Å². The highest BCUT2D eigenvalue weighted by Crippen LogP contribution is 2.28. The summed E-state index contributed by atoms with van der Waals surface area (Å²) in [6, 6.07) is 0. The van der Waals surface area contributed by atoms with Gasteiger partial charge in [-0.05, 0) is 12.2 Å². The minimum absolute atomic E-state index is 0.198. The molecule has 17 heavy (non-hydrogen) atoms. The Kier molecular flexibility index (Phi) is 5.18. The first-order chi connectivity index (χ1) is 7.79. The van der Waals surface area contributed by atoms with Gasteiger partial charge in [0, 0.05) is 12.5 Å². The third-order valence-corrected chi connectivity index (χ3v) is 2.36. The van der Waals surface area contributed by atoms with Crippen LogP contribution in [-0.4, -0.2) is 9.76 Å². The largest absolute Gasteiger partial charge is 0.420 e. The first-order valence-corrected chi connectivity index (χ1v) is 5.95. The fourth-order valence-electron chi connectivity index (χ4n) is 0.959. The summed E-state index contributed by atoms with van der Waals surface area (Å²) in [6.45, 7) is 1.53. The molecule has 2 nitrogen and oxygen atoms in total. The molecule has 0 aliphatic heterocycles. The summed E-state index contributed by atoms with van der Waals surface area (Å²) in [5, 5.41) is 0.603. The number of halogens is 4. The van der Waals surface area contributed by atoms with E-state index in [1.807, 2.05) is 0 Å². The van der Waals surface area contributed by atoms with E-state index in [2.05, 4.69) is 5.73 Å². The molecule has 0 amide bonds. The van der Waals surface area contributed by atoms with Crippen LogP contribution in [0.1, 0.15) is 6.92 Å². The minimum atomic E-state index is -2.09. The maximum Gasteiger partial charge on any atom is 0.364 e. The van der Waals surface area contributed by atoms with Crippen LogP contribution in [0.5, 0.6) is 0 Å². The molecule has 1 aliphatic carbocycles. The topological polar surface area (TPSA) is 26.3 Å². The molecule has 0 aromatic rings. The van der Waals surface area contributed by atoms with Gasteiger partial charge in [-0.1, -0.05) is 52.7 Å². The van der Waals surface area contributed by atoms with E-state index in [0.717, 1.165) is 0 Å². The molecule has 0 bridgehead atoms. The molecule has 1 rings (SSSR count). The average Bonchev–Trinajstić information content (AvgIpc) is 2.20. The highest BCUT2D eigenvalue weighted by Gasteiger charge is 2.33. The number of carbonyl (C=O) groups excluding carboxylic acids is 1. The van der Waals surface area contributed by atoms with Gasteiger partial charge in [-0.3, -0.25) is 0 Å². The molecule has 0 unspecified atom stereocenters. The Morgan fingerprint density at radius 2 is 1.76 bits per heavy atom. The Hall–Kier alpha value is -0.370. The number of carbonyl (C=O) groups is 1. The molecule has 0 fully saturated rings. The predicted molar refractivity (Wildman–Crippen MR) is 70.0 cm³/mol. The van der Waals surface area contributed by atoms with E-state index in [4.69, 9.17) is 51.1 Å². The van der Waals surface area contributed by atoms with E-state index in [-0.39, 0.29) is 5.76 Å². The molecule has 0 saturated heterocycles. The van der Waals surface area contributed by atoms with E-state index >= 15 is 0 Å². The Bertz CT molecular complexity index is 421. The number of alkyl halides is 3. The van der Waals surface area contributed by atoms with Crippen LogP contribution in [0.2, 0.25) is 0 Å². The molecule has 1 aliphatic rings. The van der Waals surface area contributed by atoms with Crippen molar-refractivity contribution in [1.29, 1.82) is 0 Å². The molecular formula is C11H7Cl4O2. The van der Waals surface area contributed by atoms with E-state index < -0.39 is 9.76 Å². The third-order valence-electron chi connectivity index (χ3n) is 1.64. The molecule has 0 aromatic carbocycles. The second kappa shape index (κ2) is 5.99. The summed E-state index contributed by atoms with van der Waals surface area (Å²) < 4.78 is 2.69. The number of ether oxygens (including phenoxy) is 1. The number of hydrogen-bond donors (Lipinski definition) is 0. The Balaban J connectivity index is 2.81. The molecule has 0 spiro atoms. The van der Waals surface area contributed by atoms with Crippen molar-refractivity contribution in [3.05, 3.63) is 46.7 Å². The summed E-state index contributed by atoms with van der Waals surface area (Å²) >= 11 is 21.8. The molecule has 0 N–H and O–H groups in total. The van der Waals surface area contributed by atoms with Gasteiger partial charge >= 0.3 is 5.97 Å². The summed E-state index contributed by atoms with van der Waals surface area (Å²) in [5.41, 5.74) is 3.51. The normalized spacial score (nSPS) is 15.7. The third kappa shape index (κ3) is 5.20. The first-order valence-electron chi connectivity index (χ1n) is 4.44. The van der Waals surface area contributed by atoms with Gasteiger partial charge in [-0.2, -0.15) is 0 Å². The van der Waals surface area contributed by atoms with Crippen LogP contribution in [0.3, 0.4) is 0 Å². The van der Waals surface area contributed by atoms with Crippen molar-refractivity contribution in [3.8, 4) is 0 Å². The number of hydrogen-bond acceptors (Lipinski definition) is 2. The van der Waals surface area contributed by atoms with Gasteiger partial charge in [-0.25, -0.2) is 4.79 Å². The van der Waals surface area contributed by atoms with Gasteiger partial charge in [0.05, 0.1) is 0 Å². The van der Waals surface area contributed by atoms with Gasteiger partial charge < -0.3 is 4.74 Å². The van der Waals surface area contributed by atoms with Crippen molar-refractivity contribution in [2.24, 2.45) is 0 Å². The minimum Gasteiger partial charge on any atom is -0.420 e. The van der Waals surface area contributed by atoms with Crippen molar-refractivity contribution >= 4 is 52.4 Å². The number of esters is 1. The Morgan fingerprint density at radius 3 is 2.24 bits per heavy atom. The number of allylic oxidation sites excluding steroid dienone is 5. The fourth-order valence-corrected chi connectivity index (χ4v) is 1.20. The fraction of sp³-hybridized carbons (Fsp3) is 0.182. The Morgan fingerprint density at radius 1 is 1.24 bits per heavy atom. The standard InChI is InChI=1S/C11H7Cl4O2/c1-7(17-10(16)11(13,14)15)6-8-2-4-9(12)5-3-8/h2-5H,1H3. The zero-order valence-electron chi connectivity index (χ0n) is 8.64. The van der Waals surface area contributed by atoms with E-state index in [1.54, 1.807) is 24.3 Å². The first kappa shape index (κ1) is 14.7.